The smallest absolute Gasteiger partial charge is 0.412 e. The SMILES string of the molecule is CC(=O)c1ccc2cc(NC(=O)OCc3ccccc3)c(C(=O)Nc3cnccc3N3CCCC(NC(=O)OC(C)(C)C)C3)nc2c1. The number of carbonyl (C=O) groups excluding carboxylic acids is 4. The highest BCUT2D eigenvalue weighted by atomic mass is 16.6. The van der Waals surface area contributed by atoms with Crippen LogP contribution in [0.2, 0.25) is 0 Å². The number of carbonyl (C=O) groups is 4. The molecule has 0 spiro atoms. The Labute approximate surface area is 272 Å². The first-order chi connectivity index (χ1) is 22.4. The monoisotopic (exact) mass is 638 g/mol. The number of hydrogen-bond acceptors (Lipinski definition) is 9. The van der Waals surface area contributed by atoms with Gasteiger partial charge >= 0.3 is 12.2 Å². The lowest BCUT2D eigenvalue weighted by Gasteiger charge is -2.35. The summed E-state index contributed by atoms with van der Waals surface area (Å²) >= 11 is 0. The number of ether oxygens (including phenoxy) is 2. The molecule has 3 amide bonds. The van der Waals surface area contributed by atoms with Gasteiger partial charge < -0.3 is 25.0 Å². The maximum atomic E-state index is 13.9. The molecule has 0 bridgehead atoms. The normalized spacial score (nSPS) is 14.6. The van der Waals surface area contributed by atoms with Gasteiger partial charge in [-0.05, 0) is 64.3 Å². The summed E-state index contributed by atoms with van der Waals surface area (Å²) < 4.78 is 10.8. The summed E-state index contributed by atoms with van der Waals surface area (Å²) in [7, 11) is 0. The summed E-state index contributed by atoms with van der Waals surface area (Å²) in [4.78, 5) is 62.1. The number of fused-ring (bicyclic) bond motifs is 1. The highest BCUT2D eigenvalue weighted by molar-refractivity contribution is 6.11. The van der Waals surface area contributed by atoms with E-state index in [4.69, 9.17) is 9.47 Å². The van der Waals surface area contributed by atoms with Gasteiger partial charge in [0.2, 0.25) is 0 Å². The van der Waals surface area contributed by atoms with Crippen molar-refractivity contribution < 1.29 is 28.7 Å². The number of benzene rings is 2. The van der Waals surface area contributed by atoms with Crippen LogP contribution in [0.15, 0.2) is 73.1 Å². The van der Waals surface area contributed by atoms with E-state index in [1.807, 2.05) is 51.1 Å². The molecule has 1 unspecified atom stereocenters. The van der Waals surface area contributed by atoms with E-state index in [-0.39, 0.29) is 29.8 Å². The molecule has 12 nitrogen and oxygen atoms in total. The van der Waals surface area contributed by atoms with Crippen molar-refractivity contribution in [1.82, 2.24) is 15.3 Å². The van der Waals surface area contributed by atoms with E-state index in [0.29, 0.717) is 40.9 Å². The van der Waals surface area contributed by atoms with Crippen LogP contribution >= 0.6 is 0 Å². The van der Waals surface area contributed by atoms with Gasteiger partial charge in [0.1, 0.15) is 12.2 Å². The molecule has 244 valence electrons. The molecule has 0 radical (unpaired) electrons. The number of rotatable bonds is 8. The topological polar surface area (TPSA) is 152 Å². The Morgan fingerprint density at radius 2 is 1.74 bits per heavy atom. The number of Topliss-reactive ketones (excluding diaryl/α,β-unsaturated/α-hetero) is 1. The molecule has 5 rings (SSSR count). The van der Waals surface area contributed by atoms with E-state index in [0.717, 1.165) is 18.4 Å². The summed E-state index contributed by atoms with van der Waals surface area (Å²) in [6.45, 7) is 8.11. The molecule has 3 heterocycles. The Hall–Kier alpha value is -5.52. The van der Waals surface area contributed by atoms with Gasteiger partial charge in [0, 0.05) is 36.3 Å². The van der Waals surface area contributed by atoms with Crippen LogP contribution < -0.4 is 20.9 Å². The van der Waals surface area contributed by atoms with Crippen LogP contribution in [0, 0.1) is 0 Å². The fourth-order valence-corrected chi connectivity index (χ4v) is 5.25. The third kappa shape index (κ3) is 8.81. The number of ketones is 1. The van der Waals surface area contributed by atoms with Crippen molar-refractivity contribution in [1.29, 1.82) is 0 Å². The van der Waals surface area contributed by atoms with Crippen LogP contribution in [0.25, 0.3) is 10.9 Å². The van der Waals surface area contributed by atoms with Gasteiger partial charge in [-0.2, -0.15) is 0 Å². The first-order valence-electron chi connectivity index (χ1n) is 15.4. The Bertz CT molecular complexity index is 1790. The van der Waals surface area contributed by atoms with E-state index in [1.54, 1.807) is 36.5 Å². The molecule has 1 aliphatic rings. The molecule has 3 N–H and O–H groups in total. The number of pyridine rings is 2. The molecule has 4 aromatic rings. The number of nitrogens with one attached hydrogen (secondary N) is 3. The Balaban J connectivity index is 1.39. The minimum Gasteiger partial charge on any atom is -0.444 e. The van der Waals surface area contributed by atoms with E-state index < -0.39 is 23.7 Å². The number of hydrogen-bond donors (Lipinski definition) is 3. The Morgan fingerprint density at radius 1 is 0.957 bits per heavy atom. The van der Waals surface area contributed by atoms with Crippen molar-refractivity contribution in [2.45, 2.75) is 58.8 Å². The summed E-state index contributed by atoms with van der Waals surface area (Å²) in [6.07, 6.45) is 3.51. The zero-order valence-electron chi connectivity index (χ0n) is 26.8. The molecular formula is C35H38N6O6. The molecule has 2 aromatic heterocycles. The highest BCUT2D eigenvalue weighted by Crippen LogP contribution is 2.30. The van der Waals surface area contributed by atoms with Crippen LogP contribution in [-0.2, 0) is 16.1 Å². The molecule has 1 fully saturated rings. The molecule has 1 atom stereocenters. The maximum Gasteiger partial charge on any atom is 0.412 e. The number of nitrogens with zero attached hydrogens (tertiary/aromatic N) is 3. The lowest BCUT2D eigenvalue weighted by Crippen LogP contribution is -2.49. The number of piperidine rings is 1. The second-order valence-electron chi connectivity index (χ2n) is 12.3. The van der Waals surface area contributed by atoms with Crippen molar-refractivity contribution in [2.75, 3.05) is 28.6 Å². The lowest BCUT2D eigenvalue weighted by atomic mass is 10.0. The van der Waals surface area contributed by atoms with Crippen molar-refractivity contribution in [2.24, 2.45) is 0 Å². The molecule has 1 aliphatic heterocycles. The van der Waals surface area contributed by atoms with Gasteiger partial charge in [-0.15, -0.1) is 0 Å². The zero-order chi connectivity index (χ0) is 33.6. The maximum absolute atomic E-state index is 13.9. The lowest BCUT2D eigenvalue weighted by molar-refractivity contribution is 0.0499. The van der Waals surface area contributed by atoms with Crippen molar-refractivity contribution in [3.05, 3.63) is 89.9 Å². The first-order valence-corrected chi connectivity index (χ1v) is 15.4. The van der Waals surface area contributed by atoms with Crippen LogP contribution in [0.4, 0.5) is 26.7 Å². The third-order valence-electron chi connectivity index (χ3n) is 7.42. The Kier molecular flexibility index (Phi) is 9.98. The zero-order valence-corrected chi connectivity index (χ0v) is 26.8. The fraction of sp³-hybridized carbons (Fsp3) is 0.314. The predicted molar refractivity (Wildman–Crippen MR) is 179 cm³/mol. The molecule has 1 saturated heterocycles. The third-order valence-corrected chi connectivity index (χ3v) is 7.42. The van der Waals surface area contributed by atoms with Gasteiger partial charge in [-0.25, -0.2) is 14.6 Å². The summed E-state index contributed by atoms with van der Waals surface area (Å²) in [5.74, 6) is -0.749. The van der Waals surface area contributed by atoms with Crippen LogP contribution in [-0.4, -0.2) is 58.6 Å². The molecule has 47 heavy (non-hydrogen) atoms. The van der Waals surface area contributed by atoms with Crippen molar-refractivity contribution >= 4 is 51.8 Å². The number of anilines is 3. The van der Waals surface area contributed by atoms with E-state index in [2.05, 4.69) is 30.8 Å². The van der Waals surface area contributed by atoms with Crippen molar-refractivity contribution in [3.8, 4) is 0 Å². The minimum absolute atomic E-state index is 0.0375. The quantitative estimate of drug-likeness (QED) is 0.188. The van der Waals surface area contributed by atoms with Crippen LogP contribution in [0.3, 0.4) is 0 Å². The summed E-state index contributed by atoms with van der Waals surface area (Å²) in [6, 6.07) is 17.4. The first kappa shape index (κ1) is 32.9. The van der Waals surface area contributed by atoms with Gasteiger partial charge in [-0.3, -0.25) is 19.9 Å². The fourth-order valence-electron chi connectivity index (χ4n) is 5.25. The average Bonchev–Trinajstić information content (AvgIpc) is 3.03. The van der Waals surface area contributed by atoms with E-state index >= 15 is 0 Å². The minimum atomic E-state index is -0.761. The van der Waals surface area contributed by atoms with Crippen LogP contribution in [0.1, 0.15) is 66.9 Å². The molecule has 0 aliphatic carbocycles. The number of alkyl carbamates (subject to hydrolysis) is 1. The molecular weight excluding hydrogens is 600 g/mol. The molecule has 0 saturated carbocycles. The van der Waals surface area contributed by atoms with E-state index in [1.165, 1.54) is 13.1 Å². The average molecular weight is 639 g/mol. The highest BCUT2D eigenvalue weighted by Gasteiger charge is 2.27. The predicted octanol–water partition coefficient (Wildman–Crippen LogP) is 6.33. The molecule has 12 heteroatoms. The second kappa shape index (κ2) is 14.3. The van der Waals surface area contributed by atoms with E-state index in [9.17, 15) is 19.2 Å². The standard InChI is InChI=1S/C35H38N6O6/c1-22(42)24-12-13-25-18-28(40-33(44)46-21-23-9-6-5-7-10-23)31(38-27(25)17-24)32(43)39-29-19-36-15-14-30(29)41-16-8-11-26(20-41)37-34(45)47-35(2,3)4/h5-7,9-10,12-15,17-19,26H,8,11,16,20-21H2,1-4H3,(H,37,45)(H,39,43)(H,40,44). The van der Waals surface area contributed by atoms with Crippen molar-refractivity contribution in [3.63, 3.8) is 0 Å². The summed E-state index contributed by atoms with van der Waals surface area (Å²) in [5, 5.41) is 9.13. The largest absolute Gasteiger partial charge is 0.444 e. The summed E-state index contributed by atoms with van der Waals surface area (Å²) in [5.41, 5.74) is 2.23. The van der Waals surface area contributed by atoms with Gasteiger partial charge in [-0.1, -0.05) is 42.5 Å². The second-order valence-corrected chi connectivity index (χ2v) is 12.3. The van der Waals surface area contributed by atoms with Gasteiger partial charge in [0.15, 0.2) is 11.5 Å². The number of amides is 3. The Morgan fingerprint density at radius 3 is 2.49 bits per heavy atom. The van der Waals surface area contributed by atoms with Crippen LogP contribution in [0.5, 0.6) is 0 Å². The number of aromatic nitrogens is 2. The van der Waals surface area contributed by atoms with Gasteiger partial charge in [0.05, 0.1) is 28.8 Å². The van der Waals surface area contributed by atoms with Gasteiger partial charge in [0.25, 0.3) is 5.91 Å². The molecule has 2 aromatic carbocycles.